The van der Waals surface area contributed by atoms with Gasteiger partial charge in [-0.05, 0) is 12.1 Å². The molecule has 1 rings (SSSR count). The minimum atomic E-state index is -0.00654. The highest BCUT2D eigenvalue weighted by Crippen LogP contribution is 2.18. The molecule has 13 heavy (non-hydrogen) atoms. The maximum atomic E-state index is 11.3. The summed E-state index contributed by atoms with van der Waals surface area (Å²) in [6.07, 6.45) is 0. The van der Waals surface area contributed by atoms with Crippen LogP contribution < -0.4 is 5.32 Å². The van der Waals surface area contributed by atoms with E-state index in [-0.39, 0.29) is 11.8 Å². The van der Waals surface area contributed by atoms with Gasteiger partial charge in [-0.3, -0.25) is 4.79 Å². The lowest BCUT2D eigenvalue weighted by molar-refractivity contribution is -0.118. The van der Waals surface area contributed by atoms with Gasteiger partial charge in [0.1, 0.15) is 0 Å². The second-order valence-corrected chi connectivity index (χ2v) is 3.64. The molecule has 0 heterocycles. The molecule has 0 saturated heterocycles. The average molecular weight is 195 g/mol. The number of hydrogen-bond acceptors (Lipinski definition) is 2. The van der Waals surface area contributed by atoms with Crippen molar-refractivity contribution in [1.82, 2.24) is 0 Å². The maximum absolute atomic E-state index is 11.3. The molecular formula is C10H13NOS. The first-order chi connectivity index (χ1) is 6.11. The van der Waals surface area contributed by atoms with E-state index in [9.17, 15) is 4.79 Å². The van der Waals surface area contributed by atoms with Crippen molar-refractivity contribution in [2.45, 2.75) is 18.7 Å². The molecule has 0 aliphatic heterocycles. The van der Waals surface area contributed by atoms with Crippen LogP contribution in [0.25, 0.3) is 0 Å². The molecule has 0 aliphatic rings. The van der Waals surface area contributed by atoms with Crippen LogP contribution in [0.2, 0.25) is 0 Å². The Bertz CT molecular complexity index is 310. The molecule has 70 valence electrons. The zero-order chi connectivity index (χ0) is 9.84. The molecule has 0 fully saturated rings. The lowest BCUT2D eigenvalue weighted by Crippen LogP contribution is -2.17. The highest BCUT2D eigenvalue weighted by molar-refractivity contribution is 7.80. The molecule has 0 aliphatic carbocycles. The van der Waals surface area contributed by atoms with Gasteiger partial charge in [0, 0.05) is 10.8 Å². The largest absolute Gasteiger partial charge is 0.325 e. The number of benzene rings is 1. The molecule has 1 aromatic rings. The van der Waals surface area contributed by atoms with Crippen molar-refractivity contribution >= 4 is 24.2 Å². The fourth-order valence-corrected chi connectivity index (χ4v) is 1.07. The molecular weight excluding hydrogens is 182 g/mol. The number of nitrogens with one attached hydrogen (secondary N) is 1. The molecule has 0 aromatic heterocycles. The minimum Gasteiger partial charge on any atom is -0.325 e. The van der Waals surface area contributed by atoms with Gasteiger partial charge in [0.15, 0.2) is 0 Å². The number of carbonyl (C=O) groups excluding carboxylic acids is 1. The molecule has 1 N–H and O–H groups in total. The molecule has 0 unspecified atom stereocenters. The fraction of sp³-hybridized carbons (Fsp3) is 0.300. The number of rotatable bonds is 2. The Morgan fingerprint density at radius 1 is 1.38 bits per heavy atom. The van der Waals surface area contributed by atoms with Crippen LogP contribution in [0.3, 0.4) is 0 Å². The normalized spacial score (nSPS) is 10.2. The predicted molar refractivity (Wildman–Crippen MR) is 57.2 cm³/mol. The van der Waals surface area contributed by atoms with Gasteiger partial charge in [0.25, 0.3) is 0 Å². The van der Waals surface area contributed by atoms with Gasteiger partial charge in [-0.25, -0.2) is 0 Å². The molecule has 0 saturated carbocycles. The summed E-state index contributed by atoms with van der Waals surface area (Å²) >= 11 is 4.23. The van der Waals surface area contributed by atoms with Gasteiger partial charge in [0.05, 0.1) is 5.69 Å². The van der Waals surface area contributed by atoms with Crippen molar-refractivity contribution in [2.75, 3.05) is 5.32 Å². The lowest BCUT2D eigenvalue weighted by atomic mass is 10.2. The number of anilines is 1. The molecule has 0 radical (unpaired) electrons. The third-order valence-corrected chi connectivity index (χ3v) is 2.08. The van der Waals surface area contributed by atoms with Crippen LogP contribution in [-0.4, -0.2) is 5.91 Å². The first-order valence-corrected chi connectivity index (χ1v) is 4.65. The summed E-state index contributed by atoms with van der Waals surface area (Å²) in [6, 6.07) is 7.44. The first-order valence-electron chi connectivity index (χ1n) is 4.20. The van der Waals surface area contributed by atoms with Crippen molar-refractivity contribution in [3.05, 3.63) is 24.3 Å². The van der Waals surface area contributed by atoms with Crippen LogP contribution in [-0.2, 0) is 4.79 Å². The summed E-state index contributed by atoms with van der Waals surface area (Å²) in [5.41, 5.74) is 0.768. The van der Waals surface area contributed by atoms with E-state index in [1.165, 1.54) is 0 Å². The predicted octanol–water partition coefficient (Wildman–Crippen LogP) is 2.57. The average Bonchev–Trinajstić information content (AvgIpc) is 2.08. The van der Waals surface area contributed by atoms with E-state index in [0.717, 1.165) is 10.6 Å². The van der Waals surface area contributed by atoms with Gasteiger partial charge < -0.3 is 5.32 Å². The highest BCUT2D eigenvalue weighted by atomic mass is 32.1. The number of para-hydroxylation sites is 1. The fourth-order valence-electron chi connectivity index (χ4n) is 0.856. The van der Waals surface area contributed by atoms with Gasteiger partial charge >= 0.3 is 0 Å². The van der Waals surface area contributed by atoms with Crippen LogP contribution in [0.15, 0.2) is 29.2 Å². The summed E-state index contributed by atoms with van der Waals surface area (Å²) in [5.74, 6) is 0.00874. The summed E-state index contributed by atoms with van der Waals surface area (Å²) in [5, 5.41) is 2.79. The highest BCUT2D eigenvalue weighted by Gasteiger charge is 2.07. The van der Waals surface area contributed by atoms with Crippen LogP contribution in [0.1, 0.15) is 13.8 Å². The van der Waals surface area contributed by atoms with E-state index in [1.54, 1.807) is 0 Å². The van der Waals surface area contributed by atoms with Gasteiger partial charge in [0.2, 0.25) is 5.91 Å². The van der Waals surface area contributed by atoms with Crippen molar-refractivity contribution in [1.29, 1.82) is 0 Å². The third-order valence-electron chi connectivity index (χ3n) is 1.69. The summed E-state index contributed by atoms with van der Waals surface area (Å²) in [7, 11) is 0. The number of thiol groups is 1. The molecule has 0 spiro atoms. The molecule has 1 aromatic carbocycles. The van der Waals surface area contributed by atoms with Crippen LogP contribution in [0.4, 0.5) is 5.69 Å². The Morgan fingerprint density at radius 3 is 2.54 bits per heavy atom. The van der Waals surface area contributed by atoms with Crippen LogP contribution in [0, 0.1) is 5.92 Å². The summed E-state index contributed by atoms with van der Waals surface area (Å²) in [6.45, 7) is 3.72. The summed E-state index contributed by atoms with van der Waals surface area (Å²) in [4.78, 5) is 12.1. The van der Waals surface area contributed by atoms with Crippen molar-refractivity contribution < 1.29 is 4.79 Å². The second kappa shape index (κ2) is 4.33. The molecule has 0 bridgehead atoms. The van der Waals surface area contributed by atoms with E-state index in [1.807, 2.05) is 38.1 Å². The number of amides is 1. The molecule has 2 nitrogen and oxygen atoms in total. The Hall–Kier alpha value is -0.960. The first kappa shape index (κ1) is 10.1. The van der Waals surface area contributed by atoms with Gasteiger partial charge in [-0.15, -0.1) is 12.6 Å². The smallest absolute Gasteiger partial charge is 0.226 e. The van der Waals surface area contributed by atoms with Crippen molar-refractivity contribution in [2.24, 2.45) is 5.92 Å². The minimum absolute atomic E-state index is 0.00654. The monoisotopic (exact) mass is 195 g/mol. The standard InChI is InChI=1S/C10H13NOS/c1-7(2)10(12)11-8-5-3-4-6-9(8)13/h3-7,13H,1-2H3,(H,11,12). The second-order valence-electron chi connectivity index (χ2n) is 3.16. The van der Waals surface area contributed by atoms with E-state index < -0.39 is 0 Å². The quantitative estimate of drug-likeness (QED) is 0.698. The number of carbonyl (C=O) groups is 1. The maximum Gasteiger partial charge on any atom is 0.226 e. The Kier molecular flexibility index (Phi) is 3.37. The summed E-state index contributed by atoms with van der Waals surface area (Å²) < 4.78 is 0. The van der Waals surface area contributed by atoms with Crippen LogP contribution >= 0.6 is 12.6 Å². The zero-order valence-electron chi connectivity index (χ0n) is 7.74. The van der Waals surface area contributed by atoms with Crippen molar-refractivity contribution in [3.63, 3.8) is 0 Å². The molecule has 1 amide bonds. The Balaban J connectivity index is 2.75. The van der Waals surface area contributed by atoms with E-state index in [0.29, 0.717) is 0 Å². The molecule has 0 atom stereocenters. The van der Waals surface area contributed by atoms with E-state index in [2.05, 4.69) is 17.9 Å². The lowest BCUT2D eigenvalue weighted by Gasteiger charge is -2.08. The third kappa shape index (κ3) is 2.77. The zero-order valence-corrected chi connectivity index (χ0v) is 8.64. The topological polar surface area (TPSA) is 29.1 Å². The SMILES string of the molecule is CC(C)C(=O)Nc1ccccc1S. The Morgan fingerprint density at radius 2 is 2.00 bits per heavy atom. The van der Waals surface area contributed by atoms with E-state index in [4.69, 9.17) is 0 Å². The van der Waals surface area contributed by atoms with Crippen LogP contribution in [0.5, 0.6) is 0 Å². The molecule has 3 heteroatoms. The van der Waals surface area contributed by atoms with Gasteiger partial charge in [-0.2, -0.15) is 0 Å². The van der Waals surface area contributed by atoms with E-state index >= 15 is 0 Å². The van der Waals surface area contributed by atoms with Crippen molar-refractivity contribution in [3.8, 4) is 0 Å². The Labute approximate surface area is 83.8 Å². The number of hydrogen-bond donors (Lipinski definition) is 2. The van der Waals surface area contributed by atoms with Gasteiger partial charge in [-0.1, -0.05) is 26.0 Å².